The highest BCUT2D eigenvalue weighted by atomic mass is 127. The summed E-state index contributed by atoms with van der Waals surface area (Å²) in [6, 6.07) is 6.99. The molecule has 0 aromatic heterocycles. The number of nitrogens with one attached hydrogen (secondary N) is 2. The first kappa shape index (κ1) is 27.8. The van der Waals surface area contributed by atoms with Crippen molar-refractivity contribution >= 4 is 29.9 Å². The molecule has 1 fully saturated rings. The van der Waals surface area contributed by atoms with E-state index in [-0.39, 0.29) is 30.0 Å². The summed E-state index contributed by atoms with van der Waals surface area (Å²) in [6.45, 7) is 6.40. The lowest BCUT2D eigenvalue weighted by molar-refractivity contribution is 0.159. The van der Waals surface area contributed by atoms with Gasteiger partial charge in [-0.05, 0) is 64.5 Å². The van der Waals surface area contributed by atoms with Gasteiger partial charge in [0.2, 0.25) is 0 Å². The van der Waals surface area contributed by atoms with Crippen molar-refractivity contribution in [3.8, 4) is 11.5 Å². The Morgan fingerprint density at radius 1 is 1.19 bits per heavy atom. The maximum absolute atomic E-state index is 5.47. The van der Waals surface area contributed by atoms with Crippen LogP contribution in [-0.4, -0.2) is 83.3 Å². The molecule has 1 heterocycles. The van der Waals surface area contributed by atoms with Gasteiger partial charge in [-0.15, -0.1) is 24.0 Å². The number of rotatable bonds is 10. The summed E-state index contributed by atoms with van der Waals surface area (Å²) in [5.41, 5.74) is 1.17. The topological polar surface area (TPSA) is 61.4 Å². The predicted molar refractivity (Wildman–Crippen MR) is 140 cm³/mol. The number of hydrogen-bond donors (Lipinski definition) is 2. The number of piperidine rings is 1. The normalized spacial score (nSPS) is 18.3. The molecule has 0 saturated carbocycles. The monoisotopic (exact) mass is 547 g/mol. The number of methoxy groups -OCH3 is 2. The van der Waals surface area contributed by atoms with Crippen LogP contribution in [0.2, 0.25) is 0 Å². The van der Waals surface area contributed by atoms with Gasteiger partial charge in [-0.3, -0.25) is 4.99 Å². The molecule has 1 aromatic carbocycles. The Hall–Kier alpha value is -1.26. The summed E-state index contributed by atoms with van der Waals surface area (Å²) in [4.78, 5) is 9.20. The molecule has 0 bridgehead atoms. The Kier molecular flexibility index (Phi) is 13.2. The lowest BCUT2D eigenvalue weighted by Gasteiger charge is -2.33. The van der Waals surface area contributed by atoms with Gasteiger partial charge in [-0.2, -0.15) is 0 Å². The van der Waals surface area contributed by atoms with Gasteiger partial charge in [0.15, 0.2) is 17.5 Å². The molecule has 7 nitrogen and oxygen atoms in total. The molecule has 0 radical (unpaired) electrons. The average Bonchev–Trinajstić information content (AvgIpc) is 2.76. The van der Waals surface area contributed by atoms with Crippen LogP contribution < -0.4 is 20.1 Å². The molecule has 1 aliphatic heterocycles. The number of ether oxygens (including phenoxy) is 2. The van der Waals surface area contributed by atoms with Crippen molar-refractivity contribution in [3.05, 3.63) is 23.8 Å². The molecule has 8 heteroatoms. The fourth-order valence-corrected chi connectivity index (χ4v) is 4.05. The van der Waals surface area contributed by atoms with Crippen LogP contribution in [-0.2, 0) is 0 Å². The molecule has 2 N–H and O–H groups in total. The lowest BCUT2D eigenvalue weighted by Crippen LogP contribution is -2.43. The Labute approximate surface area is 206 Å². The summed E-state index contributed by atoms with van der Waals surface area (Å²) in [5, 5.41) is 6.93. The third kappa shape index (κ3) is 8.65. The average molecular weight is 548 g/mol. The minimum Gasteiger partial charge on any atom is -0.493 e. The zero-order valence-corrected chi connectivity index (χ0v) is 22.4. The third-order valence-electron chi connectivity index (χ3n) is 5.96. The SMILES string of the molecule is CN=C(NCCCN1CCCCC1C)NCC(c1ccc(OC)c(OC)c1)N(C)C.I. The van der Waals surface area contributed by atoms with E-state index in [2.05, 4.69) is 52.5 Å². The van der Waals surface area contributed by atoms with E-state index in [0.717, 1.165) is 49.6 Å². The van der Waals surface area contributed by atoms with Gasteiger partial charge in [0.25, 0.3) is 0 Å². The van der Waals surface area contributed by atoms with Gasteiger partial charge in [-0.1, -0.05) is 12.5 Å². The fourth-order valence-electron chi connectivity index (χ4n) is 4.05. The Balaban J connectivity index is 0.00000480. The van der Waals surface area contributed by atoms with E-state index in [4.69, 9.17) is 9.47 Å². The van der Waals surface area contributed by atoms with Crippen LogP contribution >= 0.6 is 24.0 Å². The highest BCUT2D eigenvalue weighted by molar-refractivity contribution is 14.0. The van der Waals surface area contributed by atoms with E-state index in [1.165, 1.54) is 31.4 Å². The van der Waals surface area contributed by atoms with Crippen LogP contribution in [0.1, 0.15) is 44.2 Å². The molecular weight excluding hydrogens is 505 g/mol. The largest absolute Gasteiger partial charge is 0.493 e. The van der Waals surface area contributed by atoms with E-state index in [0.29, 0.717) is 0 Å². The predicted octanol–water partition coefficient (Wildman–Crippen LogP) is 3.35. The van der Waals surface area contributed by atoms with Crippen molar-refractivity contribution in [2.24, 2.45) is 4.99 Å². The highest BCUT2D eigenvalue weighted by Gasteiger charge is 2.18. The summed E-state index contributed by atoms with van der Waals surface area (Å²) < 4.78 is 10.8. The quantitative estimate of drug-likeness (QED) is 0.203. The van der Waals surface area contributed by atoms with Gasteiger partial charge in [-0.25, -0.2) is 0 Å². The molecule has 31 heavy (non-hydrogen) atoms. The lowest BCUT2D eigenvalue weighted by atomic mass is 10.0. The van der Waals surface area contributed by atoms with Crippen molar-refractivity contribution in [1.82, 2.24) is 20.4 Å². The molecule has 0 amide bonds. The molecule has 2 rings (SSSR count). The summed E-state index contributed by atoms with van der Waals surface area (Å²) >= 11 is 0. The number of hydrogen-bond acceptors (Lipinski definition) is 5. The van der Waals surface area contributed by atoms with Crippen LogP contribution in [0.15, 0.2) is 23.2 Å². The molecule has 2 unspecified atom stereocenters. The number of likely N-dealkylation sites (N-methyl/N-ethyl adjacent to an activating group) is 1. The van der Waals surface area contributed by atoms with Crippen molar-refractivity contribution in [1.29, 1.82) is 0 Å². The standard InChI is InChI=1S/C23H41N5O2.HI/c1-18-10-7-8-14-28(18)15-9-13-25-23(24-2)26-17-20(27(3)4)19-11-12-21(29-5)22(16-19)30-6;/h11-12,16,18,20H,7-10,13-15,17H2,1-6H3,(H2,24,25,26);1H. The number of guanidine groups is 1. The molecular formula is C23H42IN5O2. The number of halogens is 1. The maximum Gasteiger partial charge on any atom is 0.191 e. The van der Waals surface area contributed by atoms with Gasteiger partial charge < -0.3 is 29.9 Å². The fraction of sp³-hybridized carbons (Fsp3) is 0.696. The molecule has 178 valence electrons. The molecule has 2 atom stereocenters. The van der Waals surface area contributed by atoms with Gasteiger partial charge in [0.1, 0.15) is 0 Å². The van der Waals surface area contributed by atoms with E-state index in [1.54, 1.807) is 14.2 Å². The first-order chi connectivity index (χ1) is 14.5. The van der Waals surface area contributed by atoms with E-state index in [1.807, 2.05) is 19.2 Å². The van der Waals surface area contributed by atoms with Crippen LogP contribution in [0.25, 0.3) is 0 Å². The third-order valence-corrected chi connectivity index (χ3v) is 5.96. The Morgan fingerprint density at radius 2 is 1.94 bits per heavy atom. The molecule has 1 saturated heterocycles. The van der Waals surface area contributed by atoms with Crippen molar-refractivity contribution in [2.45, 2.75) is 44.7 Å². The zero-order valence-electron chi connectivity index (χ0n) is 20.1. The Morgan fingerprint density at radius 3 is 2.55 bits per heavy atom. The van der Waals surface area contributed by atoms with Crippen molar-refractivity contribution < 1.29 is 9.47 Å². The second-order valence-electron chi connectivity index (χ2n) is 8.21. The van der Waals surface area contributed by atoms with Crippen LogP contribution in [0.3, 0.4) is 0 Å². The van der Waals surface area contributed by atoms with Gasteiger partial charge in [0, 0.05) is 32.7 Å². The first-order valence-electron chi connectivity index (χ1n) is 11.1. The van der Waals surface area contributed by atoms with Gasteiger partial charge in [0.05, 0.1) is 20.3 Å². The van der Waals surface area contributed by atoms with Crippen LogP contribution in [0.4, 0.5) is 0 Å². The number of nitrogens with zero attached hydrogens (tertiary/aromatic N) is 3. The van der Waals surface area contributed by atoms with Gasteiger partial charge >= 0.3 is 0 Å². The van der Waals surface area contributed by atoms with Crippen LogP contribution in [0.5, 0.6) is 11.5 Å². The molecule has 1 aliphatic rings. The van der Waals surface area contributed by atoms with E-state index < -0.39 is 0 Å². The summed E-state index contributed by atoms with van der Waals surface area (Å²) in [6.07, 6.45) is 5.17. The van der Waals surface area contributed by atoms with Crippen molar-refractivity contribution in [3.63, 3.8) is 0 Å². The zero-order chi connectivity index (χ0) is 21.9. The highest BCUT2D eigenvalue weighted by Crippen LogP contribution is 2.31. The minimum absolute atomic E-state index is 0. The minimum atomic E-state index is 0. The van der Waals surface area contributed by atoms with Crippen molar-refractivity contribution in [2.75, 3.05) is 61.5 Å². The van der Waals surface area contributed by atoms with E-state index in [9.17, 15) is 0 Å². The molecule has 0 aliphatic carbocycles. The second-order valence-corrected chi connectivity index (χ2v) is 8.21. The summed E-state index contributed by atoms with van der Waals surface area (Å²) in [5.74, 6) is 2.33. The number of aliphatic imine (C=N–C) groups is 1. The first-order valence-corrected chi connectivity index (χ1v) is 11.1. The number of benzene rings is 1. The smallest absolute Gasteiger partial charge is 0.191 e. The molecule has 1 aromatic rings. The number of likely N-dealkylation sites (tertiary alicyclic amines) is 1. The Bertz CT molecular complexity index is 671. The van der Waals surface area contributed by atoms with E-state index >= 15 is 0 Å². The summed E-state index contributed by atoms with van der Waals surface area (Å²) in [7, 11) is 9.31. The maximum atomic E-state index is 5.47. The second kappa shape index (κ2) is 14.7. The van der Waals surface area contributed by atoms with Crippen LogP contribution in [0, 0.1) is 0 Å². The molecule has 0 spiro atoms.